The summed E-state index contributed by atoms with van der Waals surface area (Å²) >= 11 is 0. The summed E-state index contributed by atoms with van der Waals surface area (Å²) in [7, 11) is 0. The first-order valence-corrected chi connectivity index (χ1v) is 6.14. The van der Waals surface area contributed by atoms with Gasteiger partial charge in [-0.15, -0.1) is 0 Å². The fourth-order valence-electron chi connectivity index (χ4n) is 1.71. The van der Waals surface area contributed by atoms with E-state index in [4.69, 9.17) is 9.47 Å². The van der Waals surface area contributed by atoms with Crippen LogP contribution in [0.2, 0.25) is 0 Å². The standard InChI is InChI=1S/C12H22O3/c1-2-3-4-5-6-7-10-14-12-9-8-11(13)15-12/h12H,2-10H2,1H3. The molecule has 0 aliphatic carbocycles. The second kappa shape index (κ2) is 7.69. The van der Waals surface area contributed by atoms with E-state index in [1.807, 2.05) is 0 Å². The highest BCUT2D eigenvalue weighted by Gasteiger charge is 2.23. The van der Waals surface area contributed by atoms with Crippen LogP contribution in [0.25, 0.3) is 0 Å². The number of carbonyl (C=O) groups excluding carboxylic acids is 1. The van der Waals surface area contributed by atoms with Crippen LogP contribution in [0.5, 0.6) is 0 Å². The van der Waals surface area contributed by atoms with Gasteiger partial charge in [0.2, 0.25) is 6.29 Å². The van der Waals surface area contributed by atoms with Gasteiger partial charge in [0.05, 0.1) is 13.0 Å². The lowest BCUT2D eigenvalue weighted by Crippen LogP contribution is -2.12. The average Bonchev–Trinajstić information content (AvgIpc) is 2.63. The van der Waals surface area contributed by atoms with Crippen molar-refractivity contribution in [3.8, 4) is 0 Å². The van der Waals surface area contributed by atoms with Crippen molar-refractivity contribution in [1.29, 1.82) is 0 Å². The minimum absolute atomic E-state index is 0.122. The number of unbranched alkanes of at least 4 members (excludes halogenated alkanes) is 5. The van der Waals surface area contributed by atoms with Gasteiger partial charge in [0.25, 0.3) is 0 Å². The summed E-state index contributed by atoms with van der Waals surface area (Å²) < 4.78 is 10.4. The first-order valence-electron chi connectivity index (χ1n) is 6.14. The van der Waals surface area contributed by atoms with E-state index in [9.17, 15) is 4.79 Å². The Bertz CT molecular complexity index is 180. The van der Waals surface area contributed by atoms with Crippen LogP contribution < -0.4 is 0 Å². The SMILES string of the molecule is CCCCCCCCOC1CCC(=O)O1. The summed E-state index contributed by atoms with van der Waals surface area (Å²) in [6.45, 7) is 2.95. The number of ether oxygens (including phenoxy) is 2. The molecule has 0 saturated carbocycles. The molecule has 1 saturated heterocycles. The molecule has 1 aliphatic rings. The van der Waals surface area contributed by atoms with Crippen LogP contribution in [0.15, 0.2) is 0 Å². The minimum Gasteiger partial charge on any atom is -0.436 e. The number of cyclic esters (lactones) is 1. The maximum atomic E-state index is 10.8. The molecule has 0 aromatic rings. The molecule has 0 spiro atoms. The summed E-state index contributed by atoms with van der Waals surface area (Å²) in [6, 6.07) is 0. The highest BCUT2D eigenvalue weighted by Crippen LogP contribution is 2.15. The van der Waals surface area contributed by atoms with E-state index >= 15 is 0 Å². The Kier molecular flexibility index (Phi) is 6.41. The van der Waals surface area contributed by atoms with Crippen LogP contribution in [-0.2, 0) is 14.3 Å². The number of carbonyl (C=O) groups is 1. The molecule has 1 unspecified atom stereocenters. The predicted molar refractivity (Wildman–Crippen MR) is 58.4 cm³/mol. The Hall–Kier alpha value is -0.570. The Morgan fingerprint density at radius 3 is 2.67 bits per heavy atom. The largest absolute Gasteiger partial charge is 0.436 e. The van der Waals surface area contributed by atoms with Gasteiger partial charge in [0.1, 0.15) is 0 Å². The first kappa shape index (κ1) is 12.5. The molecule has 1 rings (SSSR count). The van der Waals surface area contributed by atoms with Crippen LogP contribution in [-0.4, -0.2) is 18.9 Å². The zero-order valence-corrected chi connectivity index (χ0v) is 9.67. The third-order valence-corrected chi connectivity index (χ3v) is 2.65. The van der Waals surface area contributed by atoms with Crippen molar-refractivity contribution in [1.82, 2.24) is 0 Å². The van der Waals surface area contributed by atoms with Crippen molar-refractivity contribution >= 4 is 5.97 Å². The van der Waals surface area contributed by atoms with Gasteiger partial charge < -0.3 is 9.47 Å². The molecular formula is C12H22O3. The quantitative estimate of drug-likeness (QED) is 0.460. The highest BCUT2D eigenvalue weighted by atomic mass is 16.7. The highest BCUT2D eigenvalue weighted by molar-refractivity contribution is 5.71. The van der Waals surface area contributed by atoms with E-state index in [2.05, 4.69) is 6.92 Å². The van der Waals surface area contributed by atoms with Crippen LogP contribution >= 0.6 is 0 Å². The molecule has 3 heteroatoms. The molecule has 1 atom stereocenters. The summed E-state index contributed by atoms with van der Waals surface area (Å²) in [4.78, 5) is 10.8. The van der Waals surface area contributed by atoms with E-state index in [1.165, 1.54) is 32.1 Å². The predicted octanol–water partition coefficient (Wildman–Crippen LogP) is 3.03. The Morgan fingerprint density at radius 2 is 2.00 bits per heavy atom. The topological polar surface area (TPSA) is 35.5 Å². The number of hydrogen-bond acceptors (Lipinski definition) is 3. The fourth-order valence-corrected chi connectivity index (χ4v) is 1.71. The molecular weight excluding hydrogens is 192 g/mol. The second-order valence-electron chi connectivity index (χ2n) is 4.10. The average molecular weight is 214 g/mol. The normalized spacial score (nSPS) is 20.6. The summed E-state index contributed by atoms with van der Waals surface area (Å²) in [5.74, 6) is -0.122. The molecule has 0 N–H and O–H groups in total. The van der Waals surface area contributed by atoms with E-state index in [0.717, 1.165) is 19.4 Å². The fraction of sp³-hybridized carbons (Fsp3) is 0.917. The number of rotatable bonds is 8. The first-order chi connectivity index (χ1) is 7.33. The molecule has 0 bridgehead atoms. The van der Waals surface area contributed by atoms with Crippen LogP contribution in [0.1, 0.15) is 58.3 Å². The van der Waals surface area contributed by atoms with Crippen LogP contribution in [0.3, 0.4) is 0 Å². The van der Waals surface area contributed by atoms with Crippen molar-refractivity contribution in [3.05, 3.63) is 0 Å². The third kappa shape index (κ3) is 5.78. The Labute approximate surface area is 92.1 Å². The van der Waals surface area contributed by atoms with Crippen LogP contribution in [0.4, 0.5) is 0 Å². The molecule has 3 nitrogen and oxygen atoms in total. The molecule has 0 aromatic carbocycles. The van der Waals surface area contributed by atoms with Gasteiger partial charge in [-0.25, -0.2) is 0 Å². The van der Waals surface area contributed by atoms with Gasteiger partial charge in [0, 0.05) is 6.42 Å². The smallest absolute Gasteiger partial charge is 0.308 e. The Morgan fingerprint density at radius 1 is 1.27 bits per heavy atom. The monoisotopic (exact) mass is 214 g/mol. The second-order valence-corrected chi connectivity index (χ2v) is 4.10. The van der Waals surface area contributed by atoms with Crippen molar-refractivity contribution < 1.29 is 14.3 Å². The molecule has 1 heterocycles. The number of hydrogen-bond donors (Lipinski definition) is 0. The molecule has 0 amide bonds. The zero-order chi connectivity index (χ0) is 10.9. The summed E-state index contributed by atoms with van der Waals surface area (Å²) in [6.07, 6.45) is 8.54. The van der Waals surface area contributed by atoms with Gasteiger partial charge in [-0.2, -0.15) is 0 Å². The van der Waals surface area contributed by atoms with E-state index in [-0.39, 0.29) is 12.3 Å². The minimum atomic E-state index is -0.256. The lowest BCUT2D eigenvalue weighted by molar-refractivity contribution is -0.162. The molecule has 88 valence electrons. The van der Waals surface area contributed by atoms with Crippen molar-refractivity contribution in [3.63, 3.8) is 0 Å². The van der Waals surface area contributed by atoms with Gasteiger partial charge in [-0.05, 0) is 6.42 Å². The van der Waals surface area contributed by atoms with Gasteiger partial charge in [-0.3, -0.25) is 4.79 Å². The molecule has 1 aliphatic heterocycles. The molecule has 0 radical (unpaired) electrons. The molecule has 15 heavy (non-hydrogen) atoms. The molecule has 0 aromatic heterocycles. The van der Waals surface area contributed by atoms with Crippen LogP contribution in [0, 0.1) is 0 Å². The van der Waals surface area contributed by atoms with Crippen molar-refractivity contribution in [2.45, 2.75) is 64.6 Å². The van der Waals surface area contributed by atoms with E-state index in [1.54, 1.807) is 0 Å². The maximum absolute atomic E-state index is 10.8. The maximum Gasteiger partial charge on any atom is 0.308 e. The third-order valence-electron chi connectivity index (χ3n) is 2.65. The number of esters is 1. The Balaban J connectivity index is 1.83. The van der Waals surface area contributed by atoms with Gasteiger partial charge >= 0.3 is 5.97 Å². The zero-order valence-electron chi connectivity index (χ0n) is 9.67. The van der Waals surface area contributed by atoms with Gasteiger partial charge in [0.15, 0.2) is 0 Å². The van der Waals surface area contributed by atoms with Gasteiger partial charge in [-0.1, -0.05) is 39.0 Å². The molecule has 1 fully saturated rings. The lowest BCUT2D eigenvalue weighted by Gasteiger charge is -2.09. The van der Waals surface area contributed by atoms with E-state index < -0.39 is 0 Å². The lowest BCUT2D eigenvalue weighted by atomic mass is 10.1. The van der Waals surface area contributed by atoms with Crippen molar-refractivity contribution in [2.24, 2.45) is 0 Å². The van der Waals surface area contributed by atoms with E-state index in [0.29, 0.717) is 6.42 Å². The summed E-state index contributed by atoms with van der Waals surface area (Å²) in [5.41, 5.74) is 0. The van der Waals surface area contributed by atoms with Crippen molar-refractivity contribution in [2.75, 3.05) is 6.61 Å². The summed E-state index contributed by atoms with van der Waals surface area (Å²) in [5, 5.41) is 0.